The van der Waals surface area contributed by atoms with Gasteiger partial charge in [0.25, 0.3) is 0 Å². The molecular weight excluding hydrogens is 130 g/mol. The van der Waals surface area contributed by atoms with Gasteiger partial charge in [0.1, 0.15) is 0 Å². The molecular formula is C7H9NS. The molecule has 0 unspecified atom stereocenters. The Morgan fingerprint density at radius 1 is 1.67 bits per heavy atom. The smallest absolute Gasteiger partial charge is 0.0801 e. The van der Waals surface area contributed by atoms with E-state index in [1.54, 1.807) is 11.3 Å². The van der Waals surface area contributed by atoms with Crippen LogP contribution in [0, 0.1) is 6.92 Å². The summed E-state index contributed by atoms with van der Waals surface area (Å²) in [5.74, 6) is 0. The van der Waals surface area contributed by atoms with Crippen molar-refractivity contribution in [3.8, 4) is 0 Å². The highest BCUT2D eigenvalue weighted by molar-refractivity contribution is 7.09. The van der Waals surface area contributed by atoms with E-state index in [1.807, 2.05) is 24.6 Å². The van der Waals surface area contributed by atoms with Crippen molar-refractivity contribution in [1.29, 1.82) is 0 Å². The molecule has 1 aromatic heterocycles. The number of thiazole rings is 1. The van der Waals surface area contributed by atoms with Gasteiger partial charge < -0.3 is 0 Å². The maximum atomic E-state index is 4.14. The third kappa shape index (κ3) is 1.39. The number of nitrogens with zero attached hydrogens (tertiary/aromatic N) is 1. The molecule has 1 rings (SSSR count). The molecule has 0 atom stereocenters. The van der Waals surface area contributed by atoms with Gasteiger partial charge >= 0.3 is 0 Å². The Bertz CT molecular complexity index is 212. The Hall–Kier alpha value is -0.630. The van der Waals surface area contributed by atoms with E-state index in [4.69, 9.17) is 0 Å². The zero-order valence-corrected chi connectivity index (χ0v) is 6.40. The van der Waals surface area contributed by atoms with E-state index in [9.17, 15) is 0 Å². The lowest BCUT2D eigenvalue weighted by molar-refractivity contribution is 1.34. The minimum Gasteiger partial charge on any atom is -0.245 e. The van der Waals surface area contributed by atoms with E-state index >= 15 is 0 Å². The third-order valence-electron chi connectivity index (χ3n) is 1.11. The van der Waals surface area contributed by atoms with Gasteiger partial charge in [0.05, 0.1) is 11.2 Å². The zero-order valence-electron chi connectivity index (χ0n) is 5.59. The van der Waals surface area contributed by atoms with Crippen LogP contribution in [0.3, 0.4) is 0 Å². The second kappa shape index (κ2) is 2.78. The monoisotopic (exact) mass is 139 g/mol. The summed E-state index contributed by atoms with van der Waals surface area (Å²) in [6, 6.07) is 0. The number of hydrogen-bond donors (Lipinski definition) is 0. The molecule has 0 bridgehead atoms. The van der Waals surface area contributed by atoms with E-state index in [1.165, 1.54) is 4.88 Å². The molecule has 0 fully saturated rings. The highest BCUT2D eigenvalue weighted by Gasteiger charge is 1.92. The van der Waals surface area contributed by atoms with Crippen LogP contribution < -0.4 is 0 Å². The Morgan fingerprint density at radius 2 is 2.44 bits per heavy atom. The van der Waals surface area contributed by atoms with Crippen LogP contribution in [0.4, 0.5) is 0 Å². The zero-order chi connectivity index (χ0) is 6.69. The minimum absolute atomic E-state index is 1.10. The first-order valence-corrected chi connectivity index (χ1v) is 3.75. The van der Waals surface area contributed by atoms with E-state index in [2.05, 4.69) is 11.9 Å². The minimum atomic E-state index is 1.10. The summed E-state index contributed by atoms with van der Waals surface area (Å²) in [7, 11) is 0. The van der Waals surface area contributed by atoms with Crippen LogP contribution in [0.5, 0.6) is 0 Å². The predicted octanol–water partition coefficient (Wildman–Crippen LogP) is 2.48. The molecule has 0 aliphatic carbocycles. The van der Waals surface area contributed by atoms with Crippen molar-refractivity contribution in [3.05, 3.63) is 22.2 Å². The van der Waals surface area contributed by atoms with Gasteiger partial charge in [0.2, 0.25) is 0 Å². The lowest BCUT2D eigenvalue weighted by Gasteiger charge is -1.82. The molecule has 0 amide bonds. The first-order chi connectivity index (χ1) is 4.34. The quantitative estimate of drug-likeness (QED) is 0.582. The molecule has 0 aliphatic rings. The molecule has 0 aromatic carbocycles. The number of aryl methyl sites for hydroxylation is 1. The van der Waals surface area contributed by atoms with Gasteiger partial charge in [0.15, 0.2) is 0 Å². The fourth-order valence-corrected chi connectivity index (χ4v) is 1.20. The van der Waals surface area contributed by atoms with Crippen molar-refractivity contribution in [1.82, 2.24) is 4.98 Å². The van der Waals surface area contributed by atoms with Crippen molar-refractivity contribution in [3.63, 3.8) is 0 Å². The molecule has 9 heavy (non-hydrogen) atoms. The number of allylic oxidation sites excluding steroid dienone is 1. The van der Waals surface area contributed by atoms with Crippen LogP contribution in [0.1, 0.15) is 17.5 Å². The molecule has 0 aliphatic heterocycles. The maximum absolute atomic E-state index is 4.14. The van der Waals surface area contributed by atoms with Crippen LogP contribution in [0.25, 0.3) is 6.08 Å². The van der Waals surface area contributed by atoms with Crippen molar-refractivity contribution >= 4 is 17.4 Å². The number of aromatic nitrogens is 1. The first-order valence-electron chi connectivity index (χ1n) is 2.87. The highest BCUT2D eigenvalue weighted by atomic mass is 32.1. The molecule has 1 nitrogen and oxygen atoms in total. The molecule has 0 spiro atoms. The summed E-state index contributed by atoms with van der Waals surface area (Å²) in [4.78, 5) is 5.42. The van der Waals surface area contributed by atoms with Crippen LogP contribution in [-0.2, 0) is 0 Å². The van der Waals surface area contributed by atoms with Gasteiger partial charge in [-0.25, -0.2) is 4.98 Å². The maximum Gasteiger partial charge on any atom is 0.0801 e. The third-order valence-corrected chi connectivity index (χ3v) is 1.88. The van der Waals surface area contributed by atoms with Gasteiger partial charge in [-0.1, -0.05) is 6.08 Å². The Kier molecular flexibility index (Phi) is 2.01. The van der Waals surface area contributed by atoms with Crippen molar-refractivity contribution in [2.45, 2.75) is 13.8 Å². The van der Waals surface area contributed by atoms with Crippen LogP contribution in [0.15, 0.2) is 11.6 Å². The molecule has 1 heterocycles. The average molecular weight is 139 g/mol. The molecule has 2 heteroatoms. The van der Waals surface area contributed by atoms with Gasteiger partial charge in [-0.05, 0) is 19.9 Å². The van der Waals surface area contributed by atoms with Crippen molar-refractivity contribution in [2.75, 3.05) is 0 Å². The van der Waals surface area contributed by atoms with Gasteiger partial charge in [-0.15, -0.1) is 11.3 Å². The summed E-state index contributed by atoms with van der Waals surface area (Å²) < 4.78 is 0. The summed E-state index contributed by atoms with van der Waals surface area (Å²) in [5.41, 5.74) is 2.97. The Balaban J connectivity index is 2.94. The predicted molar refractivity (Wildman–Crippen MR) is 41.6 cm³/mol. The van der Waals surface area contributed by atoms with E-state index in [0.717, 1.165) is 5.69 Å². The van der Waals surface area contributed by atoms with Gasteiger partial charge in [-0.2, -0.15) is 0 Å². The number of hydrogen-bond acceptors (Lipinski definition) is 2. The van der Waals surface area contributed by atoms with Crippen molar-refractivity contribution < 1.29 is 0 Å². The standard InChI is InChI=1S/C7H9NS/c1-3-4-7-6(2)9-5-8-7/h3-5H,1-2H3/b4-3+. The lowest BCUT2D eigenvalue weighted by Crippen LogP contribution is -1.70. The topological polar surface area (TPSA) is 12.9 Å². The second-order valence-electron chi connectivity index (χ2n) is 1.79. The Labute approximate surface area is 59.1 Å². The molecule has 0 radical (unpaired) electrons. The van der Waals surface area contributed by atoms with E-state index < -0.39 is 0 Å². The largest absolute Gasteiger partial charge is 0.245 e. The van der Waals surface area contributed by atoms with E-state index in [0.29, 0.717) is 0 Å². The van der Waals surface area contributed by atoms with Gasteiger partial charge in [0, 0.05) is 4.88 Å². The first kappa shape index (κ1) is 6.49. The van der Waals surface area contributed by atoms with Crippen LogP contribution in [-0.4, -0.2) is 4.98 Å². The Morgan fingerprint density at radius 3 is 2.89 bits per heavy atom. The molecule has 0 N–H and O–H groups in total. The normalized spacial score (nSPS) is 10.9. The van der Waals surface area contributed by atoms with Crippen LogP contribution in [0.2, 0.25) is 0 Å². The molecule has 0 saturated carbocycles. The summed E-state index contributed by atoms with van der Waals surface area (Å²) in [6.45, 7) is 4.08. The second-order valence-corrected chi connectivity index (χ2v) is 2.85. The SMILES string of the molecule is C/C=C/c1ncsc1C. The number of rotatable bonds is 1. The fraction of sp³-hybridized carbons (Fsp3) is 0.286. The summed E-state index contributed by atoms with van der Waals surface area (Å²) >= 11 is 1.68. The van der Waals surface area contributed by atoms with Crippen LogP contribution >= 0.6 is 11.3 Å². The fourth-order valence-electron chi connectivity index (χ4n) is 0.632. The molecule has 48 valence electrons. The summed E-state index contributed by atoms with van der Waals surface area (Å²) in [5, 5.41) is 0. The highest BCUT2D eigenvalue weighted by Crippen LogP contribution is 2.11. The molecule has 0 saturated heterocycles. The lowest BCUT2D eigenvalue weighted by atomic mass is 10.3. The average Bonchev–Trinajstić information content (AvgIpc) is 2.18. The van der Waals surface area contributed by atoms with Crippen molar-refractivity contribution in [2.24, 2.45) is 0 Å². The van der Waals surface area contributed by atoms with Gasteiger partial charge in [-0.3, -0.25) is 0 Å². The molecule has 1 aromatic rings. The summed E-state index contributed by atoms with van der Waals surface area (Å²) in [6.07, 6.45) is 4.02. The van der Waals surface area contributed by atoms with E-state index in [-0.39, 0.29) is 0 Å².